The van der Waals surface area contributed by atoms with Crippen LogP contribution < -0.4 is 16.0 Å². The Hall–Kier alpha value is -3.48. The maximum Gasteiger partial charge on any atom is 0.275 e. The molecule has 3 aromatic rings. The highest BCUT2D eigenvalue weighted by atomic mass is 35.5. The summed E-state index contributed by atoms with van der Waals surface area (Å²) in [6, 6.07) is 5.41. The lowest BCUT2D eigenvalue weighted by molar-refractivity contribution is 0.0740. The molecule has 4 rings (SSSR count). The van der Waals surface area contributed by atoms with E-state index >= 15 is 0 Å². The molecule has 0 aliphatic heterocycles. The van der Waals surface area contributed by atoms with Crippen LogP contribution in [0.2, 0.25) is 5.02 Å². The van der Waals surface area contributed by atoms with Crippen molar-refractivity contribution in [3.63, 3.8) is 0 Å². The van der Waals surface area contributed by atoms with E-state index in [1.807, 2.05) is 0 Å². The number of hydrogen-bond acceptors (Lipinski definition) is 9. The van der Waals surface area contributed by atoms with Gasteiger partial charge in [0.25, 0.3) is 17.4 Å². The Balaban J connectivity index is 1.66. The Bertz CT molecular complexity index is 1300. The molecule has 0 bridgehead atoms. The van der Waals surface area contributed by atoms with E-state index in [0.717, 1.165) is 12.8 Å². The van der Waals surface area contributed by atoms with Crippen molar-refractivity contribution >= 4 is 40.5 Å². The Labute approximate surface area is 201 Å². The van der Waals surface area contributed by atoms with Crippen LogP contribution >= 0.6 is 11.6 Å². The van der Waals surface area contributed by atoms with Crippen LogP contribution in [0.4, 0.5) is 23.3 Å². The Morgan fingerprint density at radius 1 is 1.41 bits per heavy atom. The minimum absolute atomic E-state index is 0.124. The van der Waals surface area contributed by atoms with Gasteiger partial charge in [0.05, 0.1) is 40.2 Å². The zero-order valence-corrected chi connectivity index (χ0v) is 19.4. The summed E-state index contributed by atoms with van der Waals surface area (Å²) in [6.45, 7) is 11.1. The minimum atomic E-state index is -1.03. The van der Waals surface area contributed by atoms with Crippen molar-refractivity contribution in [1.82, 2.24) is 24.9 Å². The molecule has 1 unspecified atom stereocenters. The second-order valence-corrected chi connectivity index (χ2v) is 9.17. The number of aliphatic hydroxyl groups is 2. The number of halogens is 1. The highest BCUT2D eigenvalue weighted by Crippen LogP contribution is 2.34. The maximum absolute atomic E-state index is 10.7. The summed E-state index contributed by atoms with van der Waals surface area (Å²) in [7, 11) is 0. The largest absolute Gasteiger partial charge is 0.389 e. The van der Waals surface area contributed by atoms with Gasteiger partial charge < -0.3 is 31.0 Å². The number of nitrogens with zero attached hydrogens (tertiary/aromatic N) is 6. The average Bonchev–Trinajstić information content (AvgIpc) is 3.50. The number of fused-ring (bicyclic) bond motifs is 1. The van der Waals surface area contributed by atoms with Crippen molar-refractivity contribution < 1.29 is 10.2 Å². The van der Waals surface area contributed by atoms with E-state index in [1.165, 1.54) is 22.8 Å². The number of hydrogen-bond donors (Lipinski definition) is 5. The van der Waals surface area contributed by atoms with Crippen molar-refractivity contribution in [3.05, 3.63) is 45.9 Å². The lowest BCUT2D eigenvalue weighted by atomic mass is 10.0. The molecule has 0 radical (unpaired) electrons. The molecule has 1 aliphatic carbocycles. The van der Waals surface area contributed by atoms with Gasteiger partial charge in [0, 0.05) is 24.7 Å². The Morgan fingerprint density at radius 3 is 2.82 bits per heavy atom. The van der Waals surface area contributed by atoms with Crippen molar-refractivity contribution in [2.24, 2.45) is 0 Å². The van der Waals surface area contributed by atoms with Crippen LogP contribution in [0, 0.1) is 17.9 Å². The monoisotopic (exact) mass is 481 g/mol. The van der Waals surface area contributed by atoms with Crippen LogP contribution in [0.25, 0.3) is 10.5 Å². The number of rotatable bonds is 9. The van der Waals surface area contributed by atoms with E-state index in [1.54, 1.807) is 13.8 Å². The van der Waals surface area contributed by atoms with Gasteiger partial charge in [-0.25, -0.2) is 4.98 Å². The first-order valence-corrected chi connectivity index (χ1v) is 11.1. The summed E-state index contributed by atoms with van der Waals surface area (Å²) in [6.07, 6.45) is 2.45. The molecule has 2 heterocycles. The third-order valence-electron chi connectivity index (χ3n) is 5.11. The van der Waals surface area contributed by atoms with Crippen molar-refractivity contribution in [3.8, 4) is 6.07 Å². The fourth-order valence-electron chi connectivity index (χ4n) is 3.31. The van der Waals surface area contributed by atoms with Crippen LogP contribution in [0.1, 0.15) is 43.9 Å². The minimum Gasteiger partial charge on any atom is -0.389 e. The average molecular weight is 482 g/mol. The second-order valence-electron chi connectivity index (χ2n) is 8.79. The molecule has 1 fully saturated rings. The van der Waals surface area contributed by atoms with E-state index in [9.17, 15) is 15.5 Å². The van der Waals surface area contributed by atoms with Gasteiger partial charge in [-0.05, 0) is 38.8 Å². The molecule has 0 spiro atoms. The molecule has 1 saturated carbocycles. The van der Waals surface area contributed by atoms with Gasteiger partial charge in [-0.2, -0.15) is 10.2 Å². The summed E-state index contributed by atoms with van der Waals surface area (Å²) < 4.78 is 1.39. The van der Waals surface area contributed by atoms with E-state index in [4.69, 9.17) is 18.2 Å². The van der Waals surface area contributed by atoms with E-state index in [0.29, 0.717) is 28.8 Å². The van der Waals surface area contributed by atoms with Gasteiger partial charge in [0.15, 0.2) is 5.82 Å². The standard InChI is InChI=1S/C22H24ClN9O2/c1-22(2,34)11-26-9-16(33)14-6-12(8-24)7-15(18(14)23)29-21-30-19(28-13-4-5-13)20-27-10-17(25-3)32(20)31-21/h6-7,10,13,16,26,33-34H,4-5,9,11H2,1-2H3,(H2,28,29,30,31). The van der Waals surface area contributed by atoms with Crippen LogP contribution in [0.5, 0.6) is 0 Å². The normalized spacial score (nSPS) is 14.4. The van der Waals surface area contributed by atoms with Gasteiger partial charge in [0.1, 0.15) is 0 Å². The van der Waals surface area contributed by atoms with Crippen LogP contribution in [-0.4, -0.2) is 54.5 Å². The molecule has 0 amide bonds. The predicted molar refractivity (Wildman–Crippen MR) is 127 cm³/mol. The number of anilines is 3. The third kappa shape index (κ3) is 5.35. The van der Waals surface area contributed by atoms with Crippen molar-refractivity contribution in [2.75, 3.05) is 23.7 Å². The van der Waals surface area contributed by atoms with Gasteiger partial charge in [-0.3, -0.25) is 0 Å². The third-order valence-corrected chi connectivity index (χ3v) is 5.53. The molecule has 176 valence electrons. The van der Waals surface area contributed by atoms with Gasteiger partial charge in [0.2, 0.25) is 0 Å². The van der Waals surface area contributed by atoms with E-state index < -0.39 is 11.7 Å². The summed E-state index contributed by atoms with van der Waals surface area (Å²) in [5.74, 6) is 0.861. The maximum atomic E-state index is 10.7. The number of nitriles is 1. The molecule has 2 aromatic heterocycles. The van der Waals surface area contributed by atoms with E-state index in [-0.39, 0.29) is 35.4 Å². The number of aromatic nitrogens is 4. The second kappa shape index (κ2) is 9.41. The summed E-state index contributed by atoms with van der Waals surface area (Å²) in [5, 5.41) is 43.9. The Kier molecular flexibility index (Phi) is 6.55. The van der Waals surface area contributed by atoms with Gasteiger partial charge in [-0.1, -0.05) is 23.3 Å². The first-order valence-electron chi connectivity index (χ1n) is 10.7. The first kappa shape index (κ1) is 23.7. The Morgan fingerprint density at radius 2 is 2.18 bits per heavy atom. The number of imidazole rings is 1. The van der Waals surface area contributed by atoms with Crippen LogP contribution in [0.15, 0.2) is 18.3 Å². The molecule has 1 atom stereocenters. The first-order chi connectivity index (χ1) is 16.2. The molecule has 11 nitrogen and oxygen atoms in total. The zero-order valence-electron chi connectivity index (χ0n) is 18.7. The van der Waals surface area contributed by atoms with Crippen molar-refractivity contribution in [2.45, 2.75) is 44.4 Å². The quantitative estimate of drug-likeness (QED) is 0.291. The number of nitrogens with one attached hydrogen (secondary N) is 3. The number of aliphatic hydroxyl groups excluding tert-OH is 1. The molecule has 0 saturated heterocycles. The molecule has 12 heteroatoms. The highest BCUT2D eigenvalue weighted by molar-refractivity contribution is 6.34. The summed E-state index contributed by atoms with van der Waals surface area (Å²) >= 11 is 6.59. The number of benzene rings is 1. The molecule has 1 aliphatic rings. The topological polar surface area (TPSA) is 148 Å². The van der Waals surface area contributed by atoms with Gasteiger partial charge in [-0.15, -0.1) is 4.52 Å². The lowest BCUT2D eigenvalue weighted by Crippen LogP contribution is -2.36. The lowest BCUT2D eigenvalue weighted by Gasteiger charge is -2.21. The molecule has 5 N–H and O–H groups in total. The van der Waals surface area contributed by atoms with Crippen molar-refractivity contribution in [1.29, 1.82) is 5.26 Å². The highest BCUT2D eigenvalue weighted by Gasteiger charge is 2.26. The predicted octanol–water partition coefficient (Wildman–Crippen LogP) is 2.91. The summed E-state index contributed by atoms with van der Waals surface area (Å²) in [4.78, 5) is 12.2. The molecular weight excluding hydrogens is 458 g/mol. The molecule has 34 heavy (non-hydrogen) atoms. The fourth-order valence-corrected chi connectivity index (χ4v) is 3.59. The molecule has 1 aromatic carbocycles. The fraction of sp³-hybridized carbons (Fsp3) is 0.409. The summed E-state index contributed by atoms with van der Waals surface area (Å²) in [5.41, 5.74) is 0.455. The zero-order chi connectivity index (χ0) is 24.5. The smallest absolute Gasteiger partial charge is 0.275 e. The van der Waals surface area contributed by atoms with Crippen LogP contribution in [-0.2, 0) is 0 Å². The van der Waals surface area contributed by atoms with Crippen LogP contribution in [0.3, 0.4) is 0 Å². The SMILES string of the molecule is [C-]#[N+]c1cnc2c(NC3CC3)nc(Nc3cc(C#N)cc(C(O)CNCC(C)(C)O)c3Cl)nn12. The molecular formula is C22H24ClN9O2. The van der Waals surface area contributed by atoms with E-state index in [2.05, 4.69) is 41.9 Å². The van der Waals surface area contributed by atoms with Gasteiger partial charge >= 0.3 is 0 Å².